The van der Waals surface area contributed by atoms with E-state index in [-0.39, 0.29) is 17.3 Å². The van der Waals surface area contributed by atoms with Crippen molar-refractivity contribution in [3.05, 3.63) is 11.0 Å². The van der Waals surface area contributed by atoms with Crippen molar-refractivity contribution in [1.29, 1.82) is 0 Å². The molecular formula is C11H17ClN4O2S. The van der Waals surface area contributed by atoms with E-state index in [0.29, 0.717) is 17.8 Å². The summed E-state index contributed by atoms with van der Waals surface area (Å²) in [6.07, 6.45) is 1.30. The predicted octanol–water partition coefficient (Wildman–Crippen LogP) is 2.60. The molecule has 106 valence electrons. The molecule has 0 aliphatic heterocycles. The molecule has 0 aliphatic rings. The number of hydrogen-bond acceptors (Lipinski definition) is 5. The fourth-order valence-corrected chi connectivity index (χ4v) is 1.87. The number of amides is 2. The fraction of sp³-hybridized carbons (Fsp3) is 0.545. The Hall–Kier alpha value is -1.21. The molecule has 0 fully saturated rings. The van der Waals surface area contributed by atoms with Gasteiger partial charge in [0.1, 0.15) is 5.69 Å². The fourth-order valence-electron chi connectivity index (χ4n) is 1.49. The molecule has 0 aliphatic carbocycles. The highest BCUT2D eigenvalue weighted by Crippen LogP contribution is 2.33. The number of carbonyl (C=O) groups is 1. The molecule has 0 saturated heterocycles. The van der Waals surface area contributed by atoms with E-state index in [1.807, 2.05) is 20.8 Å². The van der Waals surface area contributed by atoms with Crippen LogP contribution in [0.2, 0.25) is 5.28 Å². The molecule has 1 rings (SSSR count). The van der Waals surface area contributed by atoms with Gasteiger partial charge < -0.3 is 10.5 Å². The number of urea groups is 1. The summed E-state index contributed by atoms with van der Waals surface area (Å²) in [6.45, 7) is 5.66. The van der Waals surface area contributed by atoms with Crippen molar-refractivity contribution in [3.8, 4) is 5.88 Å². The number of halogens is 1. The lowest BCUT2D eigenvalue weighted by Gasteiger charge is -2.20. The molecular weight excluding hydrogens is 288 g/mol. The third-order valence-corrected chi connectivity index (χ3v) is 2.72. The second kappa shape index (κ2) is 6.81. The van der Waals surface area contributed by atoms with Gasteiger partial charge in [-0.1, -0.05) is 26.2 Å². The van der Waals surface area contributed by atoms with Crippen LogP contribution in [0.4, 0.5) is 10.5 Å². The van der Waals surface area contributed by atoms with E-state index in [1.54, 1.807) is 0 Å². The van der Waals surface area contributed by atoms with E-state index in [0.717, 1.165) is 10.7 Å². The van der Waals surface area contributed by atoms with Crippen molar-refractivity contribution >= 4 is 36.1 Å². The van der Waals surface area contributed by atoms with Crippen LogP contribution < -0.4 is 14.8 Å². The zero-order chi connectivity index (χ0) is 14.6. The number of ether oxygens (including phenoxy) is 1. The van der Waals surface area contributed by atoms with Crippen LogP contribution in [0.5, 0.6) is 5.88 Å². The third kappa shape index (κ3) is 4.14. The van der Waals surface area contributed by atoms with Gasteiger partial charge in [0.15, 0.2) is 0 Å². The number of rotatable bonds is 5. The Morgan fingerprint density at radius 2 is 2.16 bits per heavy atom. The Bertz CT molecular complexity index is 470. The van der Waals surface area contributed by atoms with E-state index < -0.39 is 6.03 Å². The lowest BCUT2D eigenvalue weighted by Crippen LogP contribution is -2.29. The highest BCUT2D eigenvalue weighted by molar-refractivity contribution is 7.82. The number of aromatic nitrogens is 2. The quantitative estimate of drug-likeness (QED) is 0.647. The molecule has 19 heavy (non-hydrogen) atoms. The molecule has 0 aromatic carbocycles. The maximum atomic E-state index is 11.3. The highest BCUT2D eigenvalue weighted by Gasteiger charge is 2.22. The van der Waals surface area contributed by atoms with E-state index in [4.69, 9.17) is 22.1 Å². The molecule has 0 bridgehead atoms. The Kier molecular flexibility index (Phi) is 5.68. The van der Waals surface area contributed by atoms with E-state index in [1.165, 1.54) is 0 Å². The van der Waals surface area contributed by atoms with E-state index in [9.17, 15) is 4.79 Å². The Morgan fingerprint density at radius 1 is 1.53 bits per heavy atom. The van der Waals surface area contributed by atoms with Crippen molar-refractivity contribution in [3.63, 3.8) is 0 Å². The molecule has 1 aromatic heterocycles. The molecule has 0 saturated carbocycles. The van der Waals surface area contributed by atoms with Gasteiger partial charge in [0.2, 0.25) is 11.2 Å². The van der Waals surface area contributed by atoms with E-state index >= 15 is 0 Å². The van der Waals surface area contributed by atoms with Crippen LogP contribution in [0.1, 0.15) is 32.9 Å². The number of anilines is 1. The van der Waals surface area contributed by atoms with Gasteiger partial charge >= 0.3 is 6.03 Å². The topological polar surface area (TPSA) is 81.3 Å². The van der Waals surface area contributed by atoms with Crippen molar-refractivity contribution in [2.24, 2.45) is 5.73 Å². The van der Waals surface area contributed by atoms with E-state index in [2.05, 4.69) is 22.8 Å². The van der Waals surface area contributed by atoms with Crippen LogP contribution in [0, 0.1) is 0 Å². The van der Waals surface area contributed by atoms with Gasteiger partial charge in [-0.3, -0.25) is 0 Å². The zero-order valence-corrected chi connectivity index (χ0v) is 12.7. The van der Waals surface area contributed by atoms with Gasteiger partial charge in [0, 0.05) is 0 Å². The Balaban J connectivity index is 3.37. The van der Waals surface area contributed by atoms with Crippen molar-refractivity contribution < 1.29 is 9.53 Å². The van der Waals surface area contributed by atoms with Crippen molar-refractivity contribution in [2.45, 2.75) is 39.7 Å². The third-order valence-electron chi connectivity index (χ3n) is 2.15. The van der Waals surface area contributed by atoms with Gasteiger partial charge in [0.05, 0.1) is 11.8 Å². The molecule has 6 nitrogen and oxygen atoms in total. The SMILES string of the molecule is CCCc1nc(Cl)nc(OC(C)C)c1N(S)C(N)=O. The highest BCUT2D eigenvalue weighted by atomic mass is 35.5. The largest absolute Gasteiger partial charge is 0.473 e. The summed E-state index contributed by atoms with van der Waals surface area (Å²) >= 11 is 9.92. The van der Waals surface area contributed by atoms with Crippen molar-refractivity contribution in [2.75, 3.05) is 4.31 Å². The molecule has 8 heteroatoms. The normalized spacial score (nSPS) is 10.6. The Labute approximate surface area is 122 Å². The molecule has 1 heterocycles. The predicted molar refractivity (Wildman–Crippen MR) is 77.8 cm³/mol. The molecule has 1 aromatic rings. The van der Waals surface area contributed by atoms with Crippen LogP contribution in [-0.4, -0.2) is 22.1 Å². The molecule has 2 N–H and O–H groups in total. The monoisotopic (exact) mass is 304 g/mol. The second-order valence-electron chi connectivity index (χ2n) is 4.16. The number of hydrogen-bond donors (Lipinski definition) is 2. The average molecular weight is 305 g/mol. The van der Waals surface area contributed by atoms with Gasteiger partial charge in [-0.2, -0.15) is 4.98 Å². The summed E-state index contributed by atoms with van der Waals surface area (Å²) in [5.41, 5.74) is 6.16. The standard InChI is InChI=1S/C11H17ClN4O2S/c1-4-5-7-8(16(19)11(13)17)9(18-6(2)3)15-10(12)14-7/h6,19H,4-5H2,1-3H3,(H2,13,17). The summed E-state index contributed by atoms with van der Waals surface area (Å²) in [5, 5.41) is 0.0639. The van der Waals surface area contributed by atoms with Crippen molar-refractivity contribution in [1.82, 2.24) is 9.97 Å². The maximum Gasteiger partial charge on any atom is 0.329 e. The minimum absolute atomic E-state index is 0.0639. The van der Waals surface area contributed by atoms with Crippen LogP contribution in [0.25, 0.3) is 0 Å². The van der Waals surface area contributed by atoms with Gasteiger partial charge in [0.25, 0.3) is 0 Å². The average Bonchev–Trinajstić information content (AvgIpc) is 2.27. The summed E-state index contributed by atoms with van der Waals surface area (Å²) in [4.78, 5) is 19.4. The number of nitrogens with zero attached hydrogens (tertiary/aromatic N) is 3. The zero-order valence-electron chi connectivity index (χ0n) is 11.1. The first kappa shape index (κ1) is 15.8. The van der Waals surface area contributed by atoms with Crippen LogP contribution >= 0.6 is 24.4 Å². The number of thiol groups is 1. The first-order valence-corrected chi connectivity index (χ1v) is 6.66. The summed E-state index contributed by atoms with van der Waals surface area (Å²) in [7, 11) is 0. The molecule has 2 amide bonds. The summed E-state index contributed by atoms with van der Waals surface area (Å²) < 4.78 is 6.52. The van der Waals surface area contributed by atoms with Gasteiger partial charge in [-0.05, 0) is 31.9 Å². The number of carbonyl (C=O) groups excluding carboxylic acids is 1. The van der Waals surface area contributed by atoms with Crippen LogP contribution in [0.15, 0.2) is 0 Å². The van der Waals surface area contributed by atoms with Gasteiger partial charge in [-0.15, -0.1) is 0 Å². The number of aryl methyl sites for hydroxylation is 1. The number of nitrogens with two attached hydrogens (primary N) is 1. The minimum atomic E-state index is -0.736. The lowest BCUT2D eigenvalue weighted by atomic mass is 10.2. The second-order valence-corrected chi connectivity index (χ2v) is 4.90. The van der Waals surface area contributed by atoms with Crippen LogP contribution in [-0.2, 0) is 6.42 Å². The first-order chi connectivity index (χ1) is 8.86. The summed E-state index contributed by atoms with van der Waals surface area (Å²) in [6, 6.07) is -0.736. The van der Waals surface area contributed by atoms with Crippen LogP contribution in [0.3, 0.4) is 0 Å². The molecule has 0 spiro atoms. The number of primary amides is 1. The van der Waals surface area contributed by atoms with Gasteiger partial charge in [-0.25, -0.2) is 14.1 Å². The summed E-state index contributed by atoms with van der Waals surface area (Å²) in [5.74, 6) is 0.201. The first-order valence-electron chi connectivity index (χ1n) is 5.88. The lowest BCUT2D eigenvalue weighted by molar-refractivity contribution is 0.232. The molecule has 0 unspecified atom stereocenters. The Morgan fingerprint density at radius 3 is 2.63 bits per heavy atom. The maximum absolute atomic E-state index is 11.3. The minimum Gasteiger partial charge on any atom is -0.473 e. The smallest absolute Gasteiger partial charge is 0.329 e. The molecule has 0 radical (unpaired) electrons. The molecule has 0 atom stereocenters.